The van der Waals surface area contributed by atoms with Crippen molar-refractivity contribution in [3.05, 3.63) is 93.8 Å². The molecule has 0 aliphatic carbocycles. The molecule has 3 aromatic carbocycles. The number of rotatable bonds is 12. The van der Waals surface area contributed by atoms with Crippen molar-refractivity contribution in [2.75, 3.05) is 16.4 Å². The predicted octanol–water partition coefficient (Wildman–Crippen LogP) is 8.14. The van der Waals surface area contributed by atoms with Crippen molar-refractivity contribution in [2.24, 2.45) is 0 Å². The average Bonchev–Trinajstić information content (AvgIpc) is 3.48. The van der Waals surface area contributed by atoms with Crippen molar-refractivity contribution < 1.29 is 19.4 Å². The Morgan fingerprint density at radius 2 is 1.81 bits per heavy atom. The van der Waals surface area contributed by atoms with Gasteiger partial charge in [0, 0.05) is 29.2 Å². The predicted molar refractivity (Wildman–Crippen MR) is 173 cm³/mol. The first-order valence-corrected chi connectivity index (χ1v) is 15.9. The summed E-state index contributed by atoms with van der Waals surface area (Å²) >= 11 is 1.48. The average molecular weight is 598 g/mol. The van der Waals surface area contributed by atoms with Crippen LogP contribution < -0.4 is 14.5 Å². The van der Waals surface area contributed by atoms with Crippen LogP contribution >= 0.6 is 11.3 Å². The number of benzene rings is 3. The summed E-state index contributed by atoms with van der Waals surface area (Å²) < 4.78 is 5.49. The third-order valence-electron chi connectivity index (χ3n) is 8.05. The molecule has 5 rings (SSSR count). The molecule has 43 heavy (non-hydrogen) atoms. The first-order chi connectivity index (χ1) is 20.8. The lowest BCUT2D eigenvalue weighted by molar-refractivity contribution is -0.121. The van der Waals surface area contributed by atoms with Crippen molar-refractivity contribution in [3.8, 4) is 17.0 Å². The van der Waals surface area contributed by atoms with E-state index in [1.54, 1.807) is 17.0 Å². The summed E-state index contributed by atoms with van der Waals surface area (Å²) in [5.74, 6) is -0.477. The molecule has 1 N–H and O–H groups in total. The zero-order valence-corrected chi connectivity index (χ0v) is 26.1. The van der Waals surface area contributed by atoms with Crippen LogP contribution in [0.25, 0.3) is 11.3 Å². The lowest BCUT2D eigenvalue weighted by Crippen LogP contribution is -2.38. The number of anilines is 2. The first-order valence-electron chi connectivity index (χ1n) is 15.0. The van der Waals surface area contributed by atoms with Gasteiger partial charge in [-0.3, -0.25) is 9.69 Å². The number of ether oxygens (including phenoxy) is 1. The number of hydrogen-bond donors (Lipinski definition) is 1. The molecule has 1 atom stereocenters. The number of carboxylic acids is 1. The van der Waals surface area contributed by atoms with Crippen molar-refractivity contribution in [2.45, 2.75) is 72.0 Å². The smallest absolute Gasteiger partial charge is 0.339 e. The Morgan fingerprint density at radius 1 is 1.07 bits per heavy atom. The molecule has 0 saturated heterocycles. The minimum Gasteiger partial charge on any atom is -0.481 e. The van der Waals surface area contributed by atoms with Gasteiger partial charge in [-0.1, -0.05) is 62.7 Å². The number of aromatic carboxylic acids is 1. The zero-order chi connectivity index (χ0) is 30.5. The highest BCUT2D eigenvalue weighted by molar-refractivity contribution is 7.10. The quantitative estimate of drug-likeness (QED) is 0.177. The van der Waals surface area contributed by atoms with Crippen molar-refractivity contribution in [3.63, 3.8) is 0 Å². The van der Waals surface area contributed by atoms with Gasteiger partial charge in [-0.15, -0.1) is 11.3 Å². The van der Waals surface area contributed by atoms with E-state index in [9.17, 15) is 14.7 Å². The summed E-state index contributed by atoms with van der Waals surface area (Å²) in [5.41, 5.74) is 6.23. The molecule has 8 heteroatoms. The van der Waals surface area contributed by atoms with Gasteiger partial charge >= 0.3 is 5.97 Å². The first kappa shape index (κ1) is 30.3. The Bertz CT molecular complexity index is 1560. The van der Waals surface area contributed by atoms with Gasteiger partial charge in [0.25, 0.3) is 5.91 Å². The Hall–Kier alpha value is -4.17. The van der Waals surface area contributed by atoms with E-state index in [4.69, 9.17) is 9.72 Å². The largest absolute Gasteiger partial charge is 0.481 e. The number of para-hydroxylation sites is 1. The summed E-state index contributed by atoms with van der Waals surface area (Å²) in [7, 11) is 0. The van der Waals surface area contributed by atoms with E-state index in [1.807, 2.05) is 5.38 Å². The second-order valence-corrected chi connectivity index (χ2v) is 12.2. The number of carboxylic acid groups (broad SMARTS) is 1. The van der Waals surface area contributed by atoms with E-state index in [0.29, 0.717) is 17.6 Å². The van der Waals surface area contributed by atoms with Crippen LogP contribution in [0.2, 0.25) is 0 Å². The summed E-state index contributed by atoms with van der Waals surface area (Å²) in [6, 6.07) is 22.8. The molecule has 224 valence electrons. The molecular formula is C35H39N3O4S. The fraction of sp³-hybridized carbons (Fsp3) is 0.343. The SMILES string of the molecule is CCCC(CC)c1ccc(N(Cc2ccc(-c3csc(CN4C(=O)COc5c(C(=O)O)cccc54)n3)cc2)C(C)C)cc1. The fourth-order valence-corrected chi connectivity index (χ4v) is 6.46. The van der Waals surface area contributed by atoms with Gasteiger partial charge in [-0.25, -0.2) is 9.78 Å². The number of fused-ring (bicyclic) bond motifs is 1. The third-order valence-corrected chi connectivity index (χ3v) is 8.89. The van der Waals surface area contributed by atoms with Crippen LogP contribution in [0.1, 0.15) is 79.4 Å². The van der Waals surface area contributed by atoms with Crippen LogP contribution in [0.3, 0.4) is 0 Å². The minimum absolute atomic E-state index is 0.0417. The van der Waals surface area contributed by atoms with E-state index in [2.05, 4.69) is 81.1 Å². The van der Waals surface area contributed by atoms with E-state index in [-0.39, 0.29) is 30.4 Å². The van der Waals surface area contributed by atoms with Crippen LogP contribution in [0.5, 0.6) is 5.75 Å². The van der Waals surface area contributed by atoms with Crippen LogP contribution in [0.15, 0.2) is 72.1 Å². The Morgan fingerprint density at radius 3 is 2.47 bits per heavy atom. The van der Waals surface area contributed by atoms with Gasteiger partial charge in [-0.2, -0.15) is 0 Å². The van der Waals surface area contributed by atoms with Crippen molar-refractivity contribution in [1.82, 2.24) is 4.98 Å². The van der Waals surface area contributed by atoms with Crippen LogP contribution in [-0.4, -0.2) is 34.6 Å². The molecule has 1 amide bonds. The molecular weight excluding hydrogens is 558 g/mol. The van der Waals surface area contributed by atoms with Crippen LogP contribution in [-0.2, 0) is 17.9 Å². The topological polar surface area (TPSA) is 83.0 Å². The molecule has 2 heterocycles. The second-order valence-electron chi connectivity index (χ2n) is 11.3. The summed E-state index contributed by atoms with van der Waals surface area (Å²) in [6.07, 6.45) is 3.60. The van der Waals surface area contributed by atoms with E-state index < -0.39 is 5.97 Å². The molecule has 0 radical (unpaired) electrons. The summed E-state index contributed by atoms with van der Waals surface area (Å²) in [5, 5.41) is 12.3. The number of amides is 1. The molecule has 1 unspecified atom stereocenters. The number of carbonyl (C=O) groups is 2. The number of hydrogen-bond acceptors (Lipinski definition) is 6. The number of carbonyl (C=O) groups excluding carboxylic acids is 1. The van der Waals surface area contributed by atoms with E-state index >= 15 is 0 Å². The maximum atomic E-state index is 12.7. The van der Waals surface area contributed by atoms with Crippen molar-refractivity contribution in [1.29, 1.82) is 0 Å². The summed E-state index contributed by atoms with van der Waals surface area (Å²) in [6.45, 7) is 9.84. The lowest BCUT2D eigenvalue weighted by atomic mass is 9.92. The number of nitrogens with zero attached hydrogens (tertiary/aromatic N) is 3. The van der Waals surface area contributed by atoms with Crippen LogP contribution in [0, 0.1) is 0 Å². The molecule has 1 aromatic heterocycles. The van der Waals surface area contributed by atoms with Crippen LogP contribution in [0.4, 0.5) is 11.4 Å². The zero-order valence-electron chi connectivity index (χ0n) is 25.2. The van der Waals surface area contributed by atoms with Gasteiger partial charge in [0.15, 0.2) is 12.4 Å². The maximum Gasteiger partial charge on any atom is 0.339 e. The highest BCUT2D eigenvalue weighted by atomic mass is 32.1. The van der Waals surface area contributed by atoms with Crippen molar-refractivity contribution >= 4 is 34.6 Å². The van der Waals surface area contributed by atoms with Gasteiger partial charge < -0.3 is 14.7 Å². The Labute approximate surface area is 257 Å². The van der Waals surface area contributed by atoms with Gasteiger partial charge in [0.1, 0.15) is 10.6 Å². The maximum absolute atomic E-state index is 12.7. The monoisotopic (exact) mass is 597 g/mol. The summed E-state index contributed by atoms with van der Waals surface area (Å²) in [4.78, 5) is 33.1. The molecule has 0 fully saturated rings. The number of thiazole rings is 1. The molecule has 0 saturated carbocycles. The van der Waals surface area contributed by atoms with Gasteiger partial charge in [0.2, 0.25) is 0 Å². The second kappa shape index (κ2) is 13.4. The van der Waals surface area contributed by atoms with E-state index in [0.717, 1.165) is 22.8 Å². The molecule has 1 aliphatic heterocycles. The molecule has 0 bridgehead atoms. The number of aromatic nitrogens is 1. The molecule has 7 nitrogen and oxygen atoms in total. The standard InChI is InChI=1S/C35H39N3O4S/c1-5-8-25(6-2)26-15-17-28(18-16-26)37(23(3)4)19-24-11-13-27(14-12-24)30-22-43-32(36-30)20-38-31-10-7-9-29(35(40)41)34(31)42-21-33(38)39/h7,9-18,22-23,25H,5-6,8,19-21H2,1-4H3,(H,40,41). The molecule has 1 aliphatic rings. The lowest BCUT2D eigenvalue weighted by Gasteiger charge is -2.30. The molecule has 0 spiro atoms. The van der Waals surface area contributed by atoms with Gasteiger partial charge in [-0.05, 0) is 68.0 Å². The highest BCUT2D eigenvalue weighted by Crippen LogP contribution is 2.37. The molecule has 4 aromatic rings. The van der Waals surface area contributed by atoms with Gasteiger partial charge in [0.05, 0.1) is 17.9 Å². The highest BCUT2D eigenvalue weighted by Gasteiger charge is 2.30. The fourth-order valence-electron chi connectivity index (χ4n) is 5.67. The third kappa shape index (κ3) is 6.75. The van der Waals surface area contributed by atoms with E-state index in [1.165, 1.54) is 53.5 Å². The minimum atomic E-state index is -1.09. The normalized spacial score (nSPS) is 13.5. The Balaban J connectivity index is 1.28. The Kier molecular flexibility index (Phi) is 9.46.